The molecule has 1 amide bonds. The molecule has 0 saturated carbocycles. The minimum Gasteiger partial charge on any atom is -0.357 e. The van der Waals surface area contributed by atoms with Gasteiger partial charge < -0.3 is 10.2 Å². The molecule has 0 aliphatic carbocycles. The van der Waals surface area contributed by atoms with Crippen molar-refractivity contribution in [3.63, 3.8) is 0 Å². The highest BCUT2D eigenvalue weighted by atomic mass is 16.1. The van der Waals surface area contributed by atoms with Gasteiger partial charge in [0.15, 0.2) is 0 Å². The van der Waals surface area contributed by atoms with E-state index in [-0.39, 0.29) is 5.91 Å². The molecule has 0 bridgehead atoms. The standard InChI is InChI=1S/C18H18N6O/c25-18(14-3-5-17(20-11-14)24-10-7-19-13-24)22-15-4-6-16(21-12-15)23-8-1-2-9-23/h3-7,10-13H,1-2,8-9H2,(H,22,25). The molecule has 1 fully saturated rings. The lowest BCUT2D eigenvalue weighted by Gasteiger charge is -2.16. The van der Waals surface area contributed by atoms with Gasteiger partial charge in [0, 0.05) is 31.7 Å². The number of carbonyl (C=O) groups is 1. The third-order valence-electron chi connectivity index (χ3n) is 4.21. The maximum Gasteiger partial charge on any atom is 0.257 e. The summed E-state index contributed by atoms with van der Waals surface area (Å²) in [5.74, 6) is 1.47. The van der Waals surface area contributed by atoms with Crippen LogP contribution in [0.2, 0.25) is 0 Å². The summed E-state index contributed by atoms with van der Waals surface area (Å²) in [5.41, 5.74) is 1.17. The summed E-state index contributed by atoms with van der Waals surface area (Å²) < 4.78 is 1.78. The van der Waals surface area contributed by atoms with E-state index in [2.05, 4.69) is 25.2 Å². The fourth-order valence-corrected chi connectivity index (χ4v) is 2.86. The quantitative estimate of drug-likeness (QED) is 0.793. The van der Waals surface area contributed by atoms with E-state index in [1.165, 1.54) is 12.8 Å². The number of anilines is 2. The zero-order valence-corrected chi connectivity index (χ0v) is 13.7. The monoisotopic (exact) mass is 334 g/mol. The molecule has 3 aromatic rings. The van der Waals surface area contributed by atoms with Crippen LogP contribution in [0, 0.1) is 0 Å². The molecule has 7 heteroatoms. The van der Waals surface area contributed by atoms with E-state index in [1.54, 1.807) is 47.8 Å². The van der Waals surface area contributed by atoms with Crippen LogP contribution >= 0.6 is 0 Å². The number of amides is 1. The molecule has 126 valence electrons. The highest BCUT2D eigenvalue weighted by Gasteiger charge is 2.13. The molecular formula is C18H18N6O. The minimum absolute atomic E-state index is 0.208. The number of pyridine rings is 2. The molecule has 0 aromatic carbocycles. The first-order valence-corrected chi connectivity index (χ1v) is 8.26. The van der Waals surface area contributed by atoms with Crippen molar-refractivity contribution in [1.29, 1.82) is 0 Å². The van der Waals surface area contributed by atoms with Crippen molar-refractivity contribution >= 4 is 17.4 Å². The van der Waals surface area contributed by atoms with Crippen LogP contribution in [0.4, 0.5) is 11.5 Å². The van der Waals surface area contributed by atoms with Gasteiger partial charge in [0.2, 0.25) is 0 Å². The number of rotatable bonds is 4. The average Bonchev–Trinajstić information content (AvgIpc) is 3.36. The fourth-order valence-electron chi connectivity index (χ4n) is 2.86. The Morgan fingerprint density at radius 3 is 2.44 bits per heavy atom. The number of carbonyl (C=O) groups excluding carboxylic acids is 1. The zero-order chi connectivity index (χ0) is 17.1. The number of nitrogens with one attached hydrogen (secondary N) is 1. The second-order valence-corrected chi connectivity index (χ2v) is 5.93. The maximum atomic E-state index is 12.3. The van der Waals surface area contributed by atoms with E-state index in [4.69, 9.17) is 0 Å². The van der Waals surface area contributed by atoms with Gasteiger partial charge in [-0.2, -0.15) is 0 Å². The Kier molecular flexibility index (Phi) is 4.12. The van der Waals surface area contributed by atoms with Crippen LogP contribution in [-0.4, -0.2) is 38.5 Å². The number of hydrogen-bond acceptors (Lipinski definition) is 5. The molecule has 1 aliphatic rings. The van der Waals surface area contributed by atoms with Crippen molar-refractivity contribution in [2.45, 2.75) is 12.8 Å². The van der Waals surface area contributed by atoms with Gasteiger partial charge in [0.05, 0.1) is 17.4 Å². The number of nitrogens with zero attached hydrogens (tertiary/aromatic N) is 5. The van der Waals surface area contributed by atoms with Crippen LogP contribution in [0.15, 0.2) is 55.4 Å². The van der Waals surface area contributed by atoms with E-state index in [1.807, 2.05) is 12.1 Å². The van der Waals surface area contributed by atoms with Crippen molar-refractivity contribution in [2.24, 2.45) is 0 Å². The fraction of sp³-hybridized carbons (Fsp3) is 0.222. The lowest BCUT2D eigenvalue weighted by Crippen LogP contribution is -2.19. The summed E-state index contributed by atoms with van der Waals surface area (Å²) in [5, 5.41) is 2.85. The van der Waals surface area contributed by atoms with E-state index in [0.717, 1.165) is 18.9 Å². The van der Waals surface area contributed by atoms with Gasteiger partial charge in [-0.3, -0.25) is 9.36 Å². The summed E-state index contributed by atoms with van der Waals surface area (Å²) in [6.07, 6.45) is 10.8. The Morgan fingerprint density at radius 1 is 1.00 bits per heavy atom. The Balaban J connectivity index is 1.42. The van der Waals surface area contributed by atoms with Crippen LogP contribution in [-0.2, 0) is 0 Å². The van der Waals surface area contributed by atoms with Gasteiger partial charge in [-0.15, -0.1) is 0 Å². The number of aromatic nitrogens is 4. The van der Waals surface area contributed by atoms with Crippen LogP contribution in [0.25, 0.3) is 5.82 Å². The Morgan fingerprint density at radius 2 is 1.80 bits per heavy atom. The lowest BCUT2D eigenvalue weighted by atomic mass is 10.2. The minimum atomic E-state index is -0.208. The number of imidazole rings is 1. The van der Waals surface area contributed by atoms with E-state index in [0.29, 0.717) is 17.1 Å². The van der Waals surface area contributed by atoms with Crippen molar-refractivity contribution < 1.29 is 4.79 Å². The molecule has 0 unspecified atom stereocenters. The highest BCUT2D eigenvalue weighted by molar-refractivity contribution is 6.04. The first-order chi connectivity index (χ1) is 12.3. The van der Waals surface area contributed by atoms with Gasteiger partial charge in [0.1, 0.15) is 18.0 Å². The van der Waals surface area contributed by atoms with E-state index >= 15 is 0 Å². The predicted octanol–water partition coefficient (Wildman–Crippen LogP) is 2.51. The van der Waals surface area contributed by atoms with E-state index in [9.17, 15) is 4.79 Å². The Labute approximate surface area is 145 Å². The van der Waals surface area contributed by atoms with Gasteiger partial charge in [-0.25, -0.2) is 15.0 Å². The largest absolute Gasteiger partial charge is 0.357 e. The zero-order valence-electron chi connectivity index (χ0n) is 13.7. The second kappa shape index (κ2) is 6.72. The summed E-state index contributed by atoms with van der Waals surface area (Å²) >= 11 is 0. The molecular weight excluding hydrogens is 316 g/mol. The summed E-state index contributed by atoms with van der Waals surface area (Å²) in [6, 6.07) is 7.35. The maximum absolute atomic E-state index is 12.3. The molecule has 0 atom stereocenters. The average molecular weight is 334 g/mol. The van der Waals surface area contributed by atoms with Gasteiger partial charge in [0.25, 0.3) is 5.91 Å². The van der Waals surface area contributed by atoms with Crippen LogP contribution < -0.4 is 10.2 Å². The molecule has 4 rings (SSSR count). The normalized spacial score (nSPS) is 13.8. The molecule has 1 N–H and O–H groups in total. The second-order valence-electron chi connectivity index (χ2n) is 5.93. The highest BCUT2D eigenvalue weighted by Crippen LogP contribution is 2.19. The summed E-state index contributed by atoms with van der Waals surface area (Å²) in [7, 11) is 0. The molecule has 3 aromatic heterocycles. The molecule has 4 heterocycles. The van der Waals surface area contributed by atoms with Crippen molar-refractivity contribution in [3.8, 4) is 5.82 Å². The van der Waals surface area contributed by atoms with Crippen LogP contribution in [0.1, 0.15) is 23.2 Å². The van der Waals surface area contributed by atoms with Crippen molar-refractivity contribution in [1.82, 2.24) is 19.5 Å². The molecule has 0 spiro atoms. The molecule has 0 radical (unpaired) electrons. The van der Waals surface area contributed by atoms with E-state index < -0.39 is 0 Å². The van der Waals surface area contributed by atoms with Gasteiger partial charge in [-0.05, 0) is 37.1 Å². The van der Waals surface area contributed by atoms with Crippen molar-refractivity contribution in [3.05, 3.63) is 60.9 Å². The van der Waals surface area contributed by atoms with Gasteiger partial charge >= 0.3 is 0 Å². The Hall–Kier alpha value is -3.22. The predicted molar refractivity (Wildman–Crippen MR) is 95.0 cm³/mol. The molecule has 25 heavy (non-hydrogen) atoms. The lowest BCUT2D eigenvalue weighted by molar-refractivity contribution is 0.102. The molecule has 1 saturated heterocycles. The molecule has 1 aliphatic heterocycles. The SMILES string of the molecule is O=C(Nc1ccc(N2CCCC2)nc1)c1ccc(-n2ccnc2)nc1. The number of hydrogen-bond donors (Lipinski definition) is 1. The third kappa shape index (κ3) is 3.35. The van der Waals surface area contributed by atoms with Crippen LogP contribution in [0.3, 0.4) is 0 Å². The Bertz CT molecular complexity index is 836. The third-order valence-corrected chi connectivity index (χ3v) is 4.21. The first kappa shape index (κ1) is 15.3. The first-order valence-electron chi connectivity index (χ1n) is 8.26. The summed E-state index contributed by atoms with van der Waals surface area (Å²) in [4.78, 5) is 27.3. The smallest absolute Gasteiger partial charge is 0.257 e. The summed E-state index contributed by atoms with van der Waals surface area (Å²) in [6.45, 7) is 2.10. The van der Waals surface area contributed by atoms with Crippen LogP contribution in [0.5, 0.6) is 0 Å². The van der Waals surface area contributed by atoms with Gasteiger partial charge in [-0.1, -0.05) is 0 Å². The van der Waals surface area contributed by atoms with Crippen molar-refractivity contribution in [2.75, 3.05) is 23.3 Å². The topological polar surface area (TPSA) is 75.9 Å². The molecule has 7 nitrogen and oxygen atoms in total.